The molecule has 17 heavy (non-hydrogen) atoms. The van der Waals surface area contributed by atoms with Crippen molar-refractivity contribution >= 4 is 17.2 Å². The van der Waals surface area contributed by atoms with Gasteiger partial charge in [-0.05, 0) is 30.7 Å². The first-order valence-corrected chi connectivity index (χ1v) is 6.72. The van der Waals surface area contributed by atoms with Crippen LogP contribution >= 0.6 is 11.3 Å². The molecule has 0 radical (unpaired) electrons. The number of hydrogen-bond acceptors (Lipinski definition) is 4. The number of nitrogens with two attached hydrogens (primary N) is 1. The second-order valence-corrected chi connectivity index (χ2v) is 5.29. The number of carbonyl (C=O) groups is 1. The lowest BCUT2D eigenvalue weighted by Gasteiger charge is -2.21. The van der Waals surface area contributed by atoms with E-state index in [0.717, 1.165) is 24.1 Å². The van der Waals surface area contributed by atoms with Gasteiger partial charge in [-0.3, -0.25) is 4.79 Å². The Morgan fingerprint density at radius 1 is 1.65 bits per heavy atom. The molecule has 0 aromatic carbocycles. The predicted molar refractivity (Wildman–Crippen MR) is 67.8 cm³/mol. The molecular weight excluding hydrogens is 236 g/mol. The van der Waals surface area contributed by atoms with Gasteiger partial charge in [0.2, 0.25) is 5.91 Å². The molecule has 2 rings (SSSR count). The second kappa shape index (κ2) is 5.62. The molecule has 5 heteroatoms. The van der Waals surface area contributed by atoms with E-state index < -0.39 is 6.04 Å². The molecule has 0 spiro atoms. The molecule has 1 amide bonds. The Bertz CT molecular complexity index is 367. The van der Waals surface area contributed by atoms with E-state index in [-0.39, 0.29) is 18.1 Å². The van der Waals surface area contributed by atoms with Gasteiger partial charge in [-0.15, -0.1) is 11.3 Å². The third kappa shape index (κ3) is 2.86. The van der Waals surface area contributed by atoms with E-state index in [2.05, 4.69) is 5.32 Å². The third-order valence-electron chi connectivity index (χ3n) is 3.22. The molecule has 0 saturated heterocycles. The number of thiophene rings is 1. The molecule has 3 N–H and O–H groups in total. The van der Waals surface area contributed by atoms with Crippen LogP contribution in [0, 0.1) is 0 Å². The second-order valence-electron chi connectivity index (χ2n) is 4.31. The Hall–Kier alpha value is -0.910. The van der Waals surface area contributed by atoms with E-state index in [9.17, 15) is 4.79 Å². The average molecular weight is 254 g/mol. The summed E-state index contributed by atoms with van der Waals surface area (Å²) in [4.78, 5) is 12.9. The minimum absolute atomic E-state index is 0.110. The van der Waals surface area contributed by atoms with Crippen LogP contribution in [0.3, 0.4) is 0 Å². The summed E-state index contributed by atoms with van der Waals surface area (Å²) >= 11 is 1.51. The van der Waals surface area contributed by atoms with E-state index >= 15 is 0 Å². The van der Waals surface area contributed by atoms with Gasteiger partial charge in [0.1, 0.15) is 6.04 Å². The van der Waals surface area contributed by atoms with E-state index in [1.54, 1.807) is 7.11 Å². The van der Waals surface area contributed by atoms with Gasteiger partial charge in [0.15, 0.2) is 0 Å². The zero-order valence-corrected chi connectivity index (χ0v) is 10.7. The molecule has 1 heterocycles. The summed E-state index contributed by atoms with van der Waals surface area (Å²) in [5.74, 6) is -0.110. The van der Waals surface area contributed by atoms with E-state index in [0.29, 0.717) is 0 Å². The zero-order valence-electron chi connectivity index (χ0n) is 9.89. The van der Waals surface area contributed by atoms with Crippen molar-refractivity contribution in [1.82, 2.24) is 5.32 Å². The smallest absolute Gasteiger partial charge is 0.242 e. The Labute approximate surface area is 105 Å². The molecule has 0 bridgehead atoms. The first-order valence-electron chi connectivity index (χ1n) is 5.84. The van der Waals surface area contributed by atoms with Crippen molar-refractivity contribution in [3.63, 3.8) is 0 Å². The van der Waals surface area contributed by atoms with Crippen molar-refractivity contribution < 1.29 is 9.53 Å². The van der Waals surface area contributed by atoms with Crippen molar-refractivity contribution in [1.29, 1.82) is 0 Å². The maximum absolute atomic E-state index is 12.0. The molecule has 3 unspecified atom stereocenters. The maximum atomic E-state index is 12.0. The Morgan fingerprint density at radius 2 is 2.47 bits per heavy atom. The van der Waals surface area contributed by atoms with Gasteiger partial charge >= 0.3 is 0 Å². The molecule has 1 aliphatic carbocycles. The molecule has 94 valence electrons. The SMILES string of the molecule is COC1CCCC1NC(=O)C(N)c1cccs1. The maximum Gasteiger partial charge on any atom is 0.242 e. The molecule has 1 aromatic heterocycles. The predicted octanol–water partition coefficient (Wildman–Crippen LogP) is 1.43. The summed E-state index contributed by atoms with van der Waals surface area (Å²) in [7, 11) is 1.69. The number of carbonyl (C=O) groups excluding carboxylic acids is 1. The highest BCUT2D eigenvalue weighted by Crippen LogP contribution is 2.23. The molecule has 1 aromatic rings. The zero-order chi connectivity index (χ0) is 12.3. The van der Waals surface area contributed by atoms with Crippen LogP contribution in [0.5, 0.6) is 0 Å². The highest BCUT2D eigenvalue weighted by Gasteiger charge is 2.30. The largest absolute Gasteiger partial charge is 0.379 e. The lowest BCUT2D eigenvalue weighted by atomic mass is 10.1. The molecule has 3 atom stereocenters. The fourth-order valence-corrected chi connectivity index (χ4v) is 2.97. The van der Waals surface area contributed by atoms with Crippen LogP contribution < -0.4 is 11.1 Å². The first-order chi connectivity index (χ1) is 8.22. The first kappa shape index (κ1) is 12.5. The quantitative estimate of drug-likeness (QED) is 0.854. The summed E-state index contributed by atoms with van der Waals surface area (Å²) in [6.45, 7) is 0. The number of hydrogen-bond donors (Lipinski definition) is 2. The van der Waals surface area contributed by atoms with E-state index in [1.807, 2.05) is 17.5 Å². The summed E-state index contributed by atoms with van der Waals surface area (Å²) in [5.41, 5.74) is 5.91. The minimum Gasteiger partial charge on any atom is -0.379 e. The Kier molecular flexibility index (Phi) is 4.15. The van der Waals surface area contributed by atoms with Crippen molar-refractivity contribution in [3.05, 3.63) is 22.4 Å². The molecule has 0 aliphatic heterocycles. The number of methoxy groups -OCH3 is 1. The molecule has 1 saturated carbocycles. The topological polar surface area (TPSA) is 64.3 Å². The molecular formula is C12H18N2O2S. The van der Waals surface area contributed by atoms with Crippen LogP contribution in [-0.2, 0) is 9.53 Å². The summed E-state index contributed by atoms with van der Waals surface area (Å²) in [6, 6.07) is 3.34. The normalized spacial score (nSPS) is 25.8. The van der Waals surface area contributed by atoms with Crippen molar-refractivity contribution in [2.45, 2.75) is 37.5 Å². The standard InChI is InChI=1S/C12H18N2O2S/c1-16-9-5-2-4-8(9)14-12(15)11(13)10-6-3-7-17-10/h3,6-9,11H,2,4-5,13H2,1H3,(H,14,15). The van der Waals surface area contributed by atoms with Crippen LogP contribution in [0.1, 0.15) is 30.2 Å². The van der Waals surface area contributed by atoms with E-state index in [4.69, 9.17) is 10.5 Å². The number of ether oxygens (including phenoxy) is 1. The van der Waals surface area contributed by atoms with Gasteiger partial charge < -0.3 is 15.8 Å². The third-order valence-corrected chi connectivity index (χ3v) is 4.17. The lowest BCUT2D eigenvalue weighted by Crippen LogP contribution is -2.44. The van der Waals surface area contributed by atoms with Crippen LogP contribution in [-0.4, -0.2) is 25.2 Å². The molecule has 1 aliphatic rings. The highest BCUT2D eigenvalue weighted by atomic mass is 32.1. The van der Waals surface area contributed by atoms with Gasteiger partial charge in [-0.2, -0.15) is 0 Å². The van der Waals surface area contributed by atoms with Gasteiger partial charge in [0.25, 0.3) is 0 Å². The van der Waals surface area contributed by atoms with Crippen LogP contribution in [0.15, 0.2) is 17.5 Å². The van der Waals surface area contributed by atoms with Gasteiger partial charge in [0, 0.05) is 12.0 Å². The van der Waals surface area contributed by atoms with Crippen LogP contribution in [0.25, 0.3) is 0 Å². The van der Waals surface area contributed by atoms with Crippen LogP contribution in [0.2, 0.25) is 0 Å². The van der Waals surface area contributed by atoms with Gasteiger partial charge in [-0.1, -0.05) is 6.07 Å². The summed E-state index contributed by atoms with van der Waals surface area (Å²) < 4.78 is 5.34. The summed E-state index contributed by atoms with van der Waals surface area (Å²) in [5, 5.41) is 4.91. The monoisotopic (exact) mass is 254 g/mol. The Balaban J connectivity index is 1.92. The van der Waals surface area contributed by atoms with Crippen molar-refractivity contribution in [2.75, 3.05) is 7.11 Å². The average Bonchev–Trinajstić information content (AvgIpc) is 2.98. The van der Waals surface area contributed by atoms with E-state index in [1.165, 1.54) is 11.3 Å². The Morgan fingerprint density at radius 3 is 3.12 bits per heavy atom. The number of amides is 1. The lowest BCUT2D eigenvalue weighted by molar-refractivity contribution is -0.123. The molecule has 1 fully saturated rings. The van der Waals surface area contributed by atoms with Crippen LogP contribution in [0.4, 0.5) is 0 Å². The highest BCUT2D eigenvalue weighted by molar-refractivity contribution is 7.10. The number of nitrogens with one attached hydrogen (secondary N) is 1. The van der Waals surface area contributed by atoms with Crippen molar-refractivity contribution in [2.24, 2.45) is 5.73 Å². The minimum atomic E-state index is -0.562. The summed E-state index contributed by atoms with van der Waals surface area (Å²) in [6.07, 6.45) is 3.21. The fraction of sp³-hybridized carbons (Fsp3) is 0.583. The van der Waals surface area contributed by atoms with Gasteiger partial charge in [-0.25, -0.2) is 0 Å². The molecule has 4 nitrogen and oxygen atoms in total. The number of rotatable bonds is 4. The van der Waals surface area contributed by atoms with Gasteiger partial charge in [0.05, 0.1) is 12.1 Å². The van der Waals surface area contributed by atoms with Crippen molar-refractivity contribution in [3.8, 4) is 0 Å². The fourth-order valence-electron chi connectivity index (χ4n) is 2.24.